The predicted molar refractivity (Wildman–Crippen MR) is 305 cm³/mol. The lowest BCUT2D eigenvalue weighted by Crippen LogP contribution is -2.67. The van der Waals surface area contributed by atoms with Crippen molar-refractivity contribution in [1.29, 1.82) is 10.5 Å². The molecular weight excluding hydrogens is 1070 g/mol. The number of benzene rings is 1. The summed E-state index contributed by atoms with van der Waals surface area (Å²) in [5, 5.41) is 22.4. The Labute approximate surface area is 418 Å². The first kappa shape index (κ1) is 64.8. The third kappa shape index (κ3) is 24.0. The highest BCUT2D eigenvalue weighted by atomic mass is 28.5. The molecule has 1 rings (SSSR count). The highest BCUT2D eigenvalue weighted by molar-refractivity contribution is 7.01. The minimum absolute atomic E-state index is 0.305. The molecular formula is C38H92N2O12Si14. The summed E-state index contributed by atoms with van der Waals surface area (Å²) >= 11 is 0. The molecule has 0 heterocycles. The van der Waals surface area contributed by atoms with Crippen molar-refractivity contribution in [3.63, 3.8) is 0 Å². The van der Waals surface area contributed by atoms with E-state index < -0.39 is 119 Å². The zero-order valence-corrected chi connectivity index (χ0v) is 60.9. The number of nitrogens with zero attached hydrogens (tertiary/aromatic N) is 2. The Hall–Kier alpha value is 0.756. The van der Waals surface area contributed by atoms with Crippen LogP contribution in [0, 0.1) is 22.7 Å². The lowest BCUT2D eigenvalue weighted by atomic mass is 10.1. The van der Waals surface area contributed by atoms with Crippen molar-refractivity contribution in [2.75, 3.05) is 0 Å². The van der Waals surface area contributed by atoms with E-state index in [0.29, 0.717) is 11.1 Å². The van der Waals surface area contributed by atoms with Gasteiger partial charge in [0.1, 0.15) is 12.1 Å². The maximum absolute atomic E-state index is 10.3. The van der Waals surface area contributed by atoms with E-state index in [1.165, 1.54) is 0 Å². The van der Waals surface area contributed by atoms with Crippen molar-refractivity contribution in [3.8, 4) is 12.1 Å². The van der Waals surface area contributed by atoms with Gasteiger partial charge in [-0.05, 0) is 219 Å². The quantitative estimate of drug-likeness (QED) is 0.0807. The summed E-state index contributed by atoms with van der Waals surface area (Å²) in [6.07, 6.45) is 0. The molecule has 1 aromatic rings. The van der Waals surface area contributed by atoms with Crippen LogP contribution in [0.3, 0.4) is 0 Å². The maximum Gasteiger partial charge on any atom is 0.314 e. The maximum atomic E-state index is 10.3. The molecule has 0 fully saturated rings. The fraction of sp³-hybridized carbons (Fsp3) is 0.789. The van der Waals surface area contributed by atoms with E-state index in [4.69, 9.17) is 49.4 Å². The van der Waals surface area contributed by atoms with Crippen molar-refractivity contribution in [3.05, 3.63) is 23.3 Å². The van der Waals surface area contributed by atoms with Crippen LogP contribution in [0.15, 0.2) is 12.1 Å². The molecule has 0 unspecified atom stereocenters. The molecule has 0 N–H and O–H groups in total. The summed E-state index contributed by atoms with van der Waals surface area (Å²) in [6, 6.07) is 8.24. The molecule has 66 heavy (non-hydrogen) atoms. The fourth-order valence-corrected chi connectivity index (χ4v) is 79.6. The minimum Gasteiger partial charge on any atom is -0.437 e. The summed E-state index contributed by atoms with van der Waals surface area (Å²) in [5.74, 6) is 0. The summed E-state index contributed by atoms with van der Waals surface area (Å²) < 4.78 is 82.1. The standard InChI is InChI=1S/C38H92N2O12Si14/c1-53(2,3)41-57(11,12)45-61(19,20)49-65(27,28)51-63(23,24)47-59(15,16)43-55(7,8)37-31-35(33-39)36(34-40)32-38(37)56(9,10)44-60(17,18)48-64(25,26)52-66(29,30)50-62(21,22)46-58(13,14)42-54(4,5)6/h31-32H,1-30H3. The van der Waals surface area contributed by atoms with Crippen LogP contribution in [0.4, 0.5) is 0 Å². The van der Waals surface area contributed by atoms with E-state index in [1.807, 2.05) is 38.3 Å². The lowest BCUT2D eigenvalue weighted by Gasteiger charge is -2.45. The first-order valence-electron chi connectivity index (χ1n) is 23.0. The topological polar surface area (TPSA) is 158 Å². The van der Waals surface area contributed by atoms with Crippen LogP contribution >= 0.6 is 0 Å². The normalized spacial score (nSPS) is 15.2. The molecule has 0 aliphatic heterocycles. The van der Waals surface area contributed by atoms with Gasteiger partial charge in [0.05, 0.1) is 11.1 Å². The predicted octanol–water partition coefficient (Wildman–Crippen LogP) is 11.1. The van der Waals surface area contributed by atoms with Crippen LogP contribution in [-0.4, -0.2) is 119 Å². The molecule has 0 amide bonds. The summed E-state index contributed by atoms with van der Waals surface area (Å²) in [7, 11) is -36.7. The number of nitriles is 2. The highest BCUT2D eigenvalue weighted by Crippen LogP contribution is 2.31. The Morgan fingerprint density at radius 3 is 0.561 bits per heavy atom. The molecule has 14 nitrogen and oxygen atoms in total. The summed E-state index contributed by atoms with van der Waals surface area (Å²) in [4.78, 5) is 0. The van der Waals surface area contributed by atoms with Crippen LogP contribution < -0.4 is 10.4 Å². The molecule has 0 aliphatic rings. The third-order valence-electron chi connectivity index (χ3n) is 8.73. The van der Waals surface area contributed by atoms with Crippen molar-refractivity contribution >= 4 is 129 Å². The van der Waals surface area contributed by atoms with E-state index in [0.717, 1.165) is 10.4 Å². The number of rotatable bonds is 26. The lowest BCUT2D eigenvalue weighted by molar-refractivity contribution is 0.268. The molecule has 1 aromatic carbocycles. The van der Waals surface area contributed by atoms with Gasteiger partial charge < -0.3 is 49.4 Å². The Kier molecular flexibility index (Phi) is 21.3. The van der Waals surface area contributed by atoms with Gasteiger partial charge in [0.25, 0.3) is 0 Å². The molecule has 0 atom stereocenters. The first-order chi connectivity index (χ1) is 28.6. The average molecular weight is 1160 g/mol. The van der Waals surface area contributed by atoms with Gasteiger partial charge in [0.15, 0.2) is 16.6 Å². The monoisotopic (exact) mass is 1160 g/mol. The highest BCUT2D eigenvalue weighted by Gasteiger charge is 2.52. The van der Waals surface area contributed by atoms with Crippen LogP contribution in [-0.2, 0) is 49.4 Å². The fourth-order valence-electron chi connectivity index (χ4n) is 9.54. The molecule has 0 spiro atoms. The zero-order valence-electron chi connectivity index (χ0n) is 46.9. The van der Waals surface area contributed by atoms with Gasteiger partial charge in [-0.25, -0.2) is 0 Å². The first-order valence-corrected chi connectivity index (χ1v) is 63.8. The smallest absolute Gasteiger partial charge is 0.314 e. The Bertz CT molecular complexity index is 1780. The summed E-state index contributed by atoms with van der Waals surface area (Å²) in [5.41, 5.74) is 0.610. The average Bonchev–Trinajstić information content (AvgIpc) is 2.90. The molecule has 0 aliphatic carbocycles. The van der Waals surface area contributed by atoms with Gasteiger partial charge in [-0.15, -0.1) is 0 Å². The molecule has 0 saturated heterocycles. The third-order valence-corrected chi connectivity index (χ3v) is 60.7. The van der Waals surface area contributed by atoms with Crippen LogP contribution in [0.2, 0.25) is 196 Å². The molecule has 0 bridgehead atoms. The van der Waals surface area contributed by atoms with Gasteiger partial charge in [-0.2, -0.15) is 10.5 Å². The van der Waals surface area contributed by atoms with Crippen LogP contribution in [0.5, 0.6) is 0 Å². The van der Waals surface area contributed by atoms with Crippen molar-refractivity contribution in [2.45, 2.75) is 196 Å². The van der Waals surface area contributed by atoms with Crippen molar-refractivity contribution < 1.29 is 49.4 Å². The van der Waals surface area contributed by atoms with Gasteiger partial charge in [0.2, 0.25) is 16.6 Å². The SMILES string of the molecule is C[Si](C)(C)O[Si](C)(C)O[Si](C)(C)O[Si](C)(C)O[Si](C)(C)O[Si](C)(C)O[Si](C)(C)c1cc(C#N)c(C#N)cc1[Si](C)(C)O[Si](C)(C)O[Si](C)(C)O[Si](C)(C)O[Si](C)(C)O[Si](C)(C)O[Si](C)(C)C. The Morgan fingerprint density at radius 2 is 0.409 bits per heavy atom. The Morgan fingerprint density at radius 1 is 0.258 bits per heavy atom. The molecule has 382 valence electrons. The van der Waals surface area contributed by atoms with E-state index in [2.05, 4.69) is 182 Å². The molecule has 0 saturated carbocycles. The van der Waals surface area contributed by atoms with Gasteiger partial charge in [-0.1, -0.05) is 0 Å². The van der Waals surface area contributed by atoms with Crippen molar-refractivity contribution in [1.82, 2.24) is 0 Å². The minimum atomic E-state index is -2.94. The van der Waals surface area contributed by atoms with Gasteiger partial charge in [0, 0.05) is 0 Å². The summed E-state index contributed by atoms with van der Waals surface area (Å²) in [6.45, 7) is 62.8. The molecule has 0 aromatic heterocycles. The molecule has 0 radical (unpaired) electrons. The second kappa shape index (κ2) is 21.7. The van der Waals surface area contributed by atoms with E-state index in [1.54, 1.807) is 0 Å². The van der Waals surface area contributed by atoms with E-state index in [-0.39, 0.29) is 0 Å². The zero-order chi connectivity index (χ0) is 52.6. The van der Waals surface area contributed by atoms with Gasteiger partial charge >= 0.3 is 85.6 Å². The van der Waals surface area contributed by atoms with Crippen LogP contribution in [0.1, 0.15) is 11.1 Å². The second-order valence-electron chi connectivity index (χ2n) is 24.6. The number of hydrogen-bond acceptors (Lipinski definition) is 14. The van der Waals surface area contributed by atoms with Crippen LogP contribution in [0.25, 0.3) is 0 Å². The number of hydrogen-bond donors (Lipinski definition) is 0. The second-order valence-corrected chi connectivity index (χ2v) is 78.0. The van der Waals surface area contributed by atoms with E-state index in [9.17, 15) is 10.5 Å². The largest absolute Gasteiger partial charge is 0.437 e. The Balaban J connectivity index is 3.48. The molecule has 28 heteroatoms. The van der Waals surface area contributed by atoms with E-state index >= 15 is 0 Å². The van der Waals surface area contributed by atoms with Gasteiger partial charge in [-0.3, -0.25) is 0 Å². The van der Waals surface area contributed by atoms with Crippen molar-refractivity contribution in [2.24, 2.45) is 0 Å².